The van der Waals surface area contributed by atoms with Gasteiger partial charge in [-0.1, -0.05) is 12.1 Å². The summed E-state index contributed by atoms with van der Waals surface area (Å²) in [7, 11) is 0. The summed E-state index contributed by atoms with van der Waals surface area (Å²) in [6.45, 7) is 4.56. The average molecular weight is 444 g/mol. The average Bonchev–Trinajstić information content (AvgIpc) is 3.32. The van der Waals surface area contributed by atoms with E-state index in [9.17, 15) is 13.6 Å². The molecule has 2 fully saturated rings. The molecule has 3 heterocycles. The summed E-state index contributed by atoms with van der Waals surface area (Å²) < 4.78 is 32.9. The van der Waals surface area contributed by atoms with E-state index in [2.05, 4.69) is 15.2 Å². The van der Waals surface area contributed by atoms with Gasteiger partial charge < -0.3 is 15.0 Å². The van der Waals surface area contributed by atoms with Gasteiger partial charge in [-0.25, -0.2) is 13.8 Å². The van der Waals surface area contributed by atoms with E-state index in [1.54, 1.807) is 24.4 Å². The first kappa shape index (κ1) is 22.6. The van der Waals surface area contributed by atoms with Crippen LogP contribution in [0.5, 0.6) is 5.75 Å². The van der Waals surface area contributed by atoms with Gasteiger partial charge in [-0.05, 0) is 56.1 Å². The number of ether oxygens (including phenoxy) is 1. The van der Waals surface area contributed by atoms with Gasteiger partial charge in [0.25, 0.3) is 5.92 Å². The van der Waals surface area contributed by atoms with Gasteiger partial charge in [0.15, 0.2) is 5.78 Å². The van der Waals surface area contributed by atoms with E-state index in [1.807, 2.05) is 6.07 Å². The largest absolute Gasteiger partial charge is 0.489 e. The van der Waals surface area contributed by atoms with Crippen LogP contribution in [0.25, 0.3) is 0 Å². The number of anilines is 1. The fourth-order valence-electron chi connectivity index (χ4n) is 4.43. The molecule has 1 N–H and O–H groups in total. The lowest BCUT2D eigenvalue weighted by Gasteiger charge is -2.33. The Kier molecular flexibility index (Phi) is 7.04. The molecule has 2 saturated heterocycles. The minimum Gasteiger partial charge on any atom is -0.489 e. The van der Waals surface area contributed by atoms with Crippen molar-refractivity contribution in [1.29, 1.82) is 0 Å². The number of pyridine rings is 1. The van der Waals surface area contributed by atoms with Crippen LogP contribution in [-0.4, -0.2) is 43.1 Å². The van der Waals surface area contributed by atoms with Crippen molar-refractivity contribution in [3.05, 3.63) is 53.9 Å². The van der Waals surface area contributed by atoms with Gasteiger partial charge in [-0.15, -0.1) is 0 Å². The highest BCUT2D eigenvalue weighted by Gasteiger charge is 2.25. The summed E-state index contributed by atoms with van der Waals surface area (Å²) in [5.41, 5.74) is 1.48. The molecule has 0 amide bonds. The third-order valence-electron chi connectivity index (χ3n) is 6.45. The van der Waals surface area contributed by atoms with Crippen LogP contribution >= 0.6 is 0 Å². The molecule has 5 nitrogen and oxygen atoms in total. The summed E-state index contributed by atoms with van der Waals surface area (Å²) in [6, 6.07) is 10.1. The van der Waals surface area contributed by atoms with Crippen LogP contribution in [0.15, 0.2) is 42.6 Å². The molecule has 4 rings (SSSR count). The Bertz CT molecular complexity index is 883. The maximum absolute atomic E-state index is 13.4. The number of halogens is 2. The molecular formula is C25H31F2N3O2. The maximum Gasteiger partial charge on any atom is 0.270 e. The summed E-state index contributed by atoms with van der Waals surface area (Å²) >= 11 is 0. The zero-order valence-corrected chi connectivity index (χ0v) is 18.5. The number of rotatable bonds is 8. The van der Waals surface area contributed by atoms with Crippen molar-refractivity contribution in [3.8, 4) is 5.75 Å². The van der Waals surface area contributed by atoms with Crippen molar-refractivity contribution in [1.82, 2.24) is 10.3 Å². The Morgan fingerprint density at radius 3 is 2.50 bits per heavy atom. The SMILES string of the molecule is CC(F)(F)c1ccc(N2CCC(Oc3ccc(C(=O)CC[C@@H]4CCNC4)nc3)CC2)cc1. The monoisotopic (exact) mass is 443 g/mol. The number of carbonyl (C=O) groups excluding carboxylic acids is 1. The van der Waals surface area contributed by atoms with Gasteiger partial charge in [0.05, 0.1) is 6.20 Å². The van der Waals surface area contributed by atoms with Crippen LogP contribution in [0, 0.1) is 5.92 Å². The first-order valence-corrected chi connectivity index (χ1v) is 11.5. The highest BCUT2D eigenvalue weighted by atomic mass is 19.3. The Morgan fingerprint density at radius 1 is 1.16 bits per heavy atom. The zero-order chi connectivity index (χ0) is 22.6. The van der Waals surface area contributed by atoms with Crippen LogP contribution in [-0.2, 0) is 5.92 Å². The van der Waals surface area contributed by atoms with Crippen molar-refractivity contribution in [2.75, 3.05) is 31.1 Å². The molecule has 172 valence electrons. The summed E-state index contributed by atoms with van der Waals surface area (Å²) in [4.78, 5) is 18.9. The molecule has 0 radical (unpaired) electrons. The predicted octanol–water partition coefficient (Wildman–Crippen LogP) is 4.81. The van der Waals surface area contributed by atoms with Crippen molar-refractivity contribution in [3.63, 3.8) is 0 Å². The molecule has 0 aliphatic carbocycles. The van der Waals surface area contributed by atoms with Gasteiger partial charge in [0.1, 0.15) is 17.5 Å². The highest BCUT2D eigenvalue weighted by molar-refractivity contribution is 5.94. The fraction of sp³-hybridized carbons (Fsp3) is 0.520. The van der Waals surface area contributed by atoms with Crippen LogP contribution in [0.1, 0.15) is 55.1 Å². The zero-order valence-electron chi connectivity index (χ0n) is 18.5. The molecule has 32 heavy (non-hydrogen) atoms. The Balaban J connectivity index is 1.23. The number of piperidine rings is 1. The quantitative estimate of drug-likeness (QED) is 0.593. The molecule has 0 spiro atoms. The maximum atomic E-state index is 13.4. The topological polar surface area (TPSA) is 54.5 Å². The number of aromatic nitrogens is 1. The van der Waals surface area contributed by atoms with Crippen molar-refractivity contribution < 1.29 is 18.3 Å². The van der Waals surface area contributed by atoms with Gasteiger partial charge in [0, 0.05) is 50.5 Å². The standard InChI is InChI=1S/C25H31F2N3O2/c1-25(26,27)19-3-5-20(6-4-19)30-14-11-21(12-15-30)32-22-7-8-23(29-17-22)24(31)9-2-18-10-13-28-16-18/h3-8,17-18,21,28H,2,9-16H2,1H3/t18-/m1/s1. The van der Waals surface area contributed by atoms with Gasteiger partial charge >= 0.3 is 0 Å². The minimum absolute atomic E-state index is 0.0319. The third kappa shape index (κ3) is 5.82. The van der Waals surface area contributed by atoms with E-state index in [1.165, 1.54) is 12.1 Å². The molecule has 2 aromatic rings. The number of alkyl halides is 2. The lowest BCUT2D eigenvalue weighted by atomic mass is 10.00. The number of ketones is 1. The molecule has 2 aliphatic heterocycles. The van der Waals surface area contributed by atoms with E-state index >= 15 is 0 Å². The molecule has 0 saturated carbocycles. The fourth-order valence-corrected chi connectivity index (χ4v) is 4.43. The van der Waals surface area contributed by atoms with Crippen LogP contribution < -0.4 is 15.0 Å². The third-order valence-corrected chi connectivity index (χ3v) is 6.45. The van der Waals surface area contributed by atoms with E-state index in [0.717, 1.165) is 64.5 Å². The van der Waals surface area contributed by atoms with Gasteiger partial charge in [-0.2, -0.15) is 0 Å². The number of benzene rings is 1. The smallest absolute Gasteiger partial charge is 0.270 e. The lowest BCUT2D eigenvalue weighted by Crippen LogP contribution is -2.38. The van der Waals surface area contributed by atoms with E-state index in [4.69, 9.17) is 4.74 Å². The molecule has 0 bridgehead atoms. The molecule has 2 aliphatic rings. The number of nitrogens with one attached hydrogen (secondary N) is 1. The number of nitrogens with zero attached hydrogens (tertiary/aromatic N) is 2. The van der Waals surface area contributed by atoms with Crippen molar-refractivity contribution in [2.24, 2.45) is 5.92 Å². The molecule has 1 atom stereocenters. The van der Waals surface area contributed by atoms with Crippen molar-refractivity contribution in [2.45, 2.75) is 51.1 Å². The van der Waals surface area contributed by atoms with Crippen molar-refractivity contribution >= 4 is 11.5 Å². The molecule has 0 unspecified atom stereocenters. The molecule has 1 aromatic heterocycles. The Morgan fingerprint density at radius 2 is 1.91 bits per heavy atom. The van der Waals surface area contributed by atoms with Gasteiger partial charge in [0.2, 0.25) is 0 Å². The first-order valence-electron chi connectivity index (χ1n) is 11.5. The predicted molar refractivity (Wildman–Crippen MR) is 121 cm³/mol. The Hall–Kier alpha value is -2.54. The van der Waals surface area contributed by atoms with E-state index in [0.29, 0.717) is 23.8 Å². The van der Waals surface area contributed by atoms with Crippen LogP contribution in [0.2, 0.25) is 0 Å². The Labute approximate surface area is 188 Å². The second-order valence-electron chi connectivity index (χ2n) is 8.94. The van der Waals surface area contributed by atoms with E-state index < -0.39 is 5.92 Å². The normalized spacial score (nSPS) is 19.8. The number of carbonyl (C=O) groups is 1. The molecular weight excluding hydrogens is 412 g/mol. The second kappa shape index (κ2) is 9.94. The summed E-state index contributed by atoms with van der Waals surface area (Å²) in [6.07, 6.45) is 5.97. The molecule has 7 heteroatoms. The van der Waals surface area contributed by atoms with Crippen LogP contribution in [0.4, 0.5) is 14.5 Å². The van der Waals surface area contributed by atoms with Crippen LogP contribution in [0.3, 0.4) is 0 Å². The highest BCUT2D eigenvalue weighted by Crippen LogP contribution is 2.30. The van der Waals surface area contributed by atoms with Gasteiger partial charge in [-0.3, -0.25) is 4.79 Å². The lowest BCUT2D eigenvalue weighted by molar-refractivity contribution is 0.0175. The summed E-state index contributed by atoms with van der Waals surface area (Å²) in [5.74, 6) is -1.46. The number of hydrogen-bond acceptors (Lipinski definition) is 5. The second-order valence-corrected chi connectivity index (χ2v) is 8.94. The number of Topliss-reactive ketones (excluding diaryl/α,β-unsaturated/α-hetero) is 1. The summed E-state index contributed by atoms with van der Waals surface area (Å²) in [5, 5.41) is 3.33. The van der Waals surface area contributed by atoms with E-state index in [-0.39, 0.29) is 17.5 Å². The minimum atomic E-state index is -2.82. The molecule has 1 aromatic carbocycles. The number of hydrogen-bond donors (Lipinski definition) is 1. The first-order chi connectivity index (χ1) is 15.4.